The molecule has 0 spiro atoms. The highest BCUT2D eigenvalue weighted by molar-refractivity contribution is 7.80. The lowest BCUT2D eigenvalue weighted by atomic mass is 10.1. The molecule has 0 fully saturated rings. The van der Waals surface area contributed by atoms with Crippen LogP contribution >= 0.6 is 0 Å². The Morgan fingerprint density at radius 2 is 0.943 bits per heavy atom. The van der Waals surface area contributed by atoms with Crippen molar-refractivity contribution in [3.63, 3.8) is 0 Å². The summed E-state index contributed by atoms with van der Waals surface area (Å²) >= 11 is 0. The third-order valence-corrected chi connectivity index (χ3v) is 6.73. The topological polar surface area (TPSA) is 70.3 Å². The Balaban J connectivity index is 0.000000662. The molecule has 0 amide bonds. The fraction of sp³-hybridized carbons (Fsp3) is 0.828. The molecule has 0 unspecified atom stereocenters. The molecule has 5 nitrogen and oxygen atoms in total. The SMILES string of the molecule is CCCCCCCCCCCCOS(=O)(=O)[O-].CCCCCCCCCCCC[n+]1ccccc1. The minimum atomic E-state index is -4.48. The molecule has 0 atom stereocenters. The molecule has 206 valence electrons. The first-order valence-electron chi connectivity index (χ1n) is 14.5. The Morgan fingerprint density at radius 3 is 1.34 bits per heavy atom. The van der Waals surface area contributed by atoms with Gasteiger partial charge in [-0.3, -0.25) is 4.18 Å². The molecule has 1 aromatic heterocycles. The highest BCUT2D eigenvalue weighted by Gasteiger charge is 1.98. The molecule has 0 bridgehead atoms. The minimum absolute atomic E-state index is 0.0301. The molecule has 1 aromatic rings. The van der Waals surface area contributed by atoms with E-state index in [1.807, 2.05) is 0 Å². The summed E-state index contributed by atoms with van der Waals surface area (Å²) in [5.74, 6) is 0. The Morgan fingerprint density at radius 1 is 0.571 bits per heavy atom. The predicted molar refractivity (Wildman–Crippen MR) is 146 cm³/mol. The summed E-state index contributed by atoms with van der Waals surface area (Å²) in [7, 11) is -4.48. The number of aromatic nitrogens is 1. The van der Waals surface area contributed by atoms with E-state index in [4.69, 9.17) is 0 Å². The monoisotopic (exact) mass is 513 g/mol. The van der Waals surface area contributed by atoms with Crippen LogP contribution in [0.2, 0.25) is 0 Å². The number of hydrogen-bond acceptors (Lipinski definition) is 4. The first kappa shape index (κ1) is 34.0. The van der Waals surface area contributed by atoms with E-state index < -0.39 is 10.4 Å². The van der Waals surface area contributed by atoms with E-state index in [1.165, 1.54) is 116 Å². The van der Waals surface area contributed by atoms with Crippen molar-refractivity contribution >= 4 is 10.4 Å². The predicted octanol–water partition coefficient (Wildman–Crippen LogP) is 8.28. The van der Waals surface area contributed by atoms with Gasteiger partial charge in [-0.05, 0) is 12.8 Å². The van der Waals surface area contributed by atoms with Gasteiger partial charge in [-0.2, -0.15) is 0 Å². The van der Waals surface area contributed by atoms with Crippen LogP contribution in [0.4, 0.5) is 0 Å². The van der Waals surface area contributed by atoms with Crippen molar-refractivity contribution in [2.24, 2.45) is 0 Å². The largest absolute Gasteiger partial charge is 0.726 e. The standard InChI is InChI=1S/C17H30N.C12H26O4S/c1-2-3-4-5-6-7-8-9-10-12-15-18-16-13-11-14-17-18;1-2-3-4-5-6-7-8-9-10-11-12-16-17(13,14)15/h11,13-14,16-17H,2-10,12,15H2,1H3;2-12H2,1H3,(H,13,14,15)/q+1;/p-1. The summed E-state index contributed by atoms with van der Waals surface area (Å²) in [4.78, 5) is 0. The highest BCUT2D eigenvalue weighted by atomic mass is 32.3. The molecule has 0 N–H and O–H groups in total. The van der Waals surface area contributed by atoms with Crippen molar-refractivity contribution in [3.8, 4) is 0 Å². The van der Waals surface area contributed by atoms with Crippen LogP contribution in [0, 0.1) is 0 Å². The molecule has 0 radical (unpaired) electrons. The molecular weight excluding hydrogens is 458 g/mol. The van der Waals surface area contributed by atoms with Crippen molar-refractivity contribution in [2.75, 3.05) is 6.61 Å². The smallest absolute Gasteiger partial charge is 0.217 e. The number of nitrogens with zero attached hydrogens (tertiary/aromatic N) is 1. The zero-order valence-electron chi connectivity index (χ0n) is 22.9. The maximum Gasteiger partial charge on any atom is 0.217 e. The first-order valence-corrected chi connectivity index (χ1v) is 15.9. The summed E-state index contributed by atoms with van der Waals surface area (Å²) in [5, 5.41) is 0. The van der Waals surface area contributed by atoms with Gasteiger partial charge in [0.15, 0.2) is 12.4 Å². The molecule has 0 aliphatic carbocycles. The van der Waals surface area contributed by atoms with Gasteiger partial charge in [0.25, 0.3) is 0 Å². The average molecular weight is 514 g/mol. The normalized spacial score (nSPS) is 11.3. The molecule has 0 aromatic carbocycles. The molecule has 0 saturated heterocycles. The zero-order valence-corrected chi connectivity index (χ0v) is 23.7. The van der Waals surface area contributed by atoms with E-state index in [0.717, 1.165) is 12.8 Å². The van der Waals surface area contributed by atoms with Crippen LogP contribution in [0.1, 0.15) is 142 Å². The lowest BCUT2D eigenvalue weighted by Gasteiger charge is -2.06. The Labute approximate surface area is 218 Å². The Bertz CT molecular complexity index is 637. The van der Waals surface area contributed by atoms with Gasteiger partial charge in [0.1, 0.15) is 6.54 Å². The Hall–Kier alpha value is -0.980. The maximum atomic E-state index is 10.1. The minimum Gasteiger partial charge on any atom is -0.726 e. The van der Waals surface area contributed by atoms with Crippen LogP contribution in [-0.4, -0.2) is 19.6 Å². The first-order chi connectivity index (χ1) is 17.0. The molecule has 6 heteroatoms. The summed E-state index contributed by atoms with van der Waals surface area (Å²) in [5.41, 5.74) is 0. The number of rotatable bonds is 23. The lowest BCUT2D eigenvalue weighted by molar-refractivity contribution is -0.697. The van der Waals surface area contributed by atoms with Crippen molar-refractivity contribution in [1.82, 2.24) is 0 Å². The molecule has 35 heavy (non-hydrogen) atoms. The van der Waals surface area contributed by atoms with Gasteiger partial charge in [-0.15, -0.1) is 0 Å². The fourth-order valence-corrected chi connectivity index (χ4v) is 4.44. The van der Waals surface area contributed by atoms with Crippen LogP contribution in [0.3, 0.4) is 0 Å². The number of hydrogen-bond donors (Lipinski definition) is 0. The summed E-state index contributed by atoms with van der Waals surface area (Å²) in [6, 6.07) is 6.29. The van der Waals surface area contributed by atoms with Gasteiger partial charge in [0.2, 0.25) is 10.4 Å². The average Bonchev–Trinajstić information content (AvgIpc) is 2.84. The van der Waals surface area contributed by atoms with Crippen molar-refractivity contribution in [1.29, 1.82) is 0 Å². The highest BCUT2D eigenvalue weighted by Crippen LogP contribution is 2.11. The van der Waals surface area contributed by atoms with E-state index in [-0.39, 0.29) is 6.61 Å². The van der Waals surface area contributed by atoms with Crippen molar-refractivity contribution < 1.29 is 21.7 Å². The second kappa shape index (κ2) is 26.1. The summed E-state index contributed by atoms with van der Waals surface area (Å²) in [6.45, 7) is 5.70. The molecule has 0 saturated carbocycles. The van der Waals surface area contributed by atoms with Crippen LogP contribution in [0.25, 0.3) is 0 Å². The van der Waals surface area contributed by atoms with Gasteiger partial charge >= 0.3 is 0 Å². The van der Waals surface area contributed by atoms with Crippen LogP contribution in [0.15, 0.2) is 30.6 Å². The van der Waals surface area contributed by atoms with E-state index in [0.29, 0.717) is 6.42 Å². The third-order valence-electron chi connectivity index (χ3n) is 6.27. The quantitative estimate of drug-likeness (QED) is 0.0639. The third kappa shape index (κ3) is 29.1. The van der Waals surface area contributed by atoms with Crippen molar-refractivity contribution in [2.45, 2.75) is 149 Å². The van der Waals surface area contributed by atoms with E-state index >= 15 is 0 Å². The van der Waals surface area contributed by atoms with Crippen LogP contribution in [-0.2, 0) is 21.1 Å². The van der Waals surface area contributed by atoms with Crippen LogP contribution < -0.4 is 4.57 Å². The molecule has 0 aliphatic heterocycles. The van der Waals surface area contributed by atoms with Crippen LogP contribution in [0.5, 0.6) is 0 Å². The van der Waals surface area contributed by atoms with E-state index in [2.05, 4.69) is 53.2 Å². The van der Waals surface area contributed by atoms with Gasteiger partial charge in [0.05, 0.1) is 6.61 Å². The maximum absolute atomic E-state index is 10.1. The molecule has 0 aliphatic rings. The number of unbranched alkanes of at least 4 members (excludes halogenated alkanes) is 18. The fourth-order valence-electron chi connectivity index (χ4n) is 4.12. The second-order valence-corrected chi connectivity index (χ2v) is 10.8. The van der Waals surface area contributed by atoms with E-state index in [9.17, 15) is 13.0 Å². The van der Waals surface area contributed by atoms with Gasteiger partial charge < -0.3 is 4.55 Å². The van der Waals surface area contributed by atoms with Gasteiger partial charge in [-0.1, -0.05) is 129 Å². The second-order valence-electron chi connectivity index (χ2n) is 9.71. The lowest BCUT2D eigenvalue weighted by Crippen LogP contribution is -2.32. The summed E-state index contributed by atoms with van der Waals surface area (Å²) in [6.07, 6.45) is 30.2. The van der Waals surface area contributed by atoms with Gasteiger partial charge in [-0.25, -0.2) is 13.0 Å². The van der Waals surface area contributed by atoms with E-state index in [1.54, 1.807) is 0 Å². The summed E-state index contributed by atoms with van der Waals surface area (Å²) < 4.78 is 36.7. The molecular formula is C29H55NO4S. The zero-order chi connectivity index (χ0) is 25.9. The van der Waals surface area contributed by atoms with Crippen molar-refractivity contribution in [3.05, 3.63) is 30.6 Å². The molecule has 1 heterocycles. The molecule has 1 rings (SSSR count). The Kier molecular flexibility index (Phi) is 25.4. The van der Waals surface area contributed by atoms with Gasteiger partial charge in [0, 0.05) is 18.6 Å². The number of aryl methyl sites for hydroxylation is 1. The number of pyridine rings is 1.